The molecule has 1 aromatic carbocycles. The van der Waals surface area contributed by atoms with Crippen molar-refractivity contribution in [2.24, 2.45) is 0 Å². The van der Waals surface area contributed by atoms with Gasteiger partial charge in [-0.3, -0.25) is 9.89 Å². The smallest absolute Gasteiger partial charge is 0.230 e. The fourth-order valence-corrected chi connectivity index (χ4v) is 4.16. The Labute approximate surface area is 136 Å². The molecular weight excluding hydrogens is 286 g/mol. The standard InChI is InChI=1S/C19H23N3O/c23-19(17-9-3-6-14-5-1-2-8-16(14)17)22-12-4-7-15(13-22)18-10-11-20-21-18/h1-2,5,8,10-11,15,17H,3-4,6-7,9,12-13H2,(H,20,21)/t15-,17+/m1/s1. The second kappa shape index (κ2) is 6.19. The van der Waals surface area contributed by atoms with Gasteiger partial charge in [-0.1, -0.05) is 24.3 Å². The molecule has 1 aromatic heterocycles. The first-order valence-electron chi connectivity index (χ1n) is 8.69. The van der Waals surface area contributed by atoms with Crippen molar-refractivity contribution in [2.45, 2.75) is 43.9 Å². The third-order valence-corrected chi connectivity index (χ3v) is 5.36. The number of hydrogen-bond acceptors (Lipinski definition) is 2. The number of carbonyl (C=O) groups excluding carboxylic acids is 1. The number of benzene rings is 1. The Kier molecular flexibility index (Phi) is 3.90. The topological polar surface area (TPSA) is 49.0 Å². The Balaban J connectivity index is 1.53. The highest BCUT2D eigenvalue weighted by Crippen LogP contribution is 2.35. The number of aromatic amines is 1. The minimum atomic E-state index is 0.0560. The molecule has 2 heterocycles. The molecule has 1 aliphatic heterocycles. The van der Waals surface area contributed by atoms with Gasteiger partial charge in [-0.05, 0) is 49.3 Å². The average Bonchev–Trinajstić information content (AvgIpc) is 3.15. The number of amides is 1. The molecule has 4 heteroatoms. The van der Waals surface area contributed by atoms with Gasteiger partial charge in [0.25, 0.3) is 0 Å². The van der Waals surface area contributed by atoms with E-state index in [4.69, 9.17) is 0 Å². The number of aryl methyl sites for hydroxylation is 1. The first-order valence-corrected chi connectivity index (χ1v) is 8.69. The maximum Gasteiger partial charge on any atom is 0.230 e. The molecule has 120 valence electrons. The Morgan fingerprint density at radius 2 is 2.09 bits per heavy atom. The lowest BCUT2D eigenvalue weighted by Crippen LogP contribution is -2.42. The van der Waals surface area contributed by atoms with Crippen LogP contribution in [0.1, 0.15) is 54.3 Å². The molecule has 0 saturated carbocycles. The van der Waals surface area contributed by atoms with Crippen LogP contribution in [0.4, 0.5) is 0 Å². The summed E-state index contributed by atoms with van der Waals surface area (Å²) in [4.78, 5) is 15.2. The summed E-state index contributed by atoms with van der Waals surface area (Å²) in [6, 6.07) is 10.5. The van der Waals surface area contributed by atoms with Crippen molar-refractivity contribution in [2.75, 3.05) is 13.1 Å². The SMILES string of the molecule is O=C([C@H]1CCCc2ccccc21)N1CCC[C@@H](c2ccn[nH]2)C1. The van der Waals surface area contributed by atoms with Gasteiger partial charge >= 0.3 is 0 Å². The molecule has 2 atom stereocenters. The summed E-state index contributed by atoms with van der Waals surface area (Å²) >= 11 is 0. The Hall–Kier alpha value is -2.10. The number of nitrogens with zero attached hydrogens (tertiary/aromatic N) is 2. The maximum atomic E-state index is 13.1. The van der Waals surface area contributed by atoms with E-state index in [-0.39, 0.29) is 5.92 Å². The van der Waals surface area contributed by atoms with E-state index in [1.54, 1.807) is 6.20 Å². The normalized spacial score (nSPS) is 24.3. The number of fused-ring (bicyclic) bond motifs is 1. The van der Waals surface area contributed by atoms with Crippen LogP contribution in [0.3, 0.4) is 0 Å². The lowest BCUT2D eigenvalue weighted by molar-refractivity contribution is -0.134. The van der Waals surface area contributed by atoms with Crippen LogP contribution in [0, 0.1) is 0 Å². The van der Waals surface area contributed by atoms with Gasteiger partial charge in [-0.2, -0.15) is 5.10 Å². The first kappa shape index (κ1) is 14.5. The zero-order chi connectivity index (χ0) is 15.6. The zero-order valence-electron chi connectivity index (χ0n) is 13.4. The van der Waals surface area contributed by atoms with Gasteiger partial charge in [-0.15, -0.1) is 0 Å². The fraction of sp³-hybridized carbons (Fsp3) is 0.474. The molecule has 1 N–H and O–H groups in total. The van der Waals surface area contributed by atoms with Crippen LogP contribution in [0.5, 0.6) is 0 Å². The Morgan fingerprint density at radius 1 is 1.17 bits per heavy atom. The molecule has 1 amide bonds. The van der Waals surface area contributed by atoms with E-state index in [1.165, 1.54) is 11.1 Å². The van der Waals surface area contributed by atoms with E-state index in [1.807, 2.05) is 6.07 Å². The van der Waals surface area contributed by atoms with Gasteiger partial charge in [-0.25, -0.2) is 0 Å². The largest absolute Gasteiger partial charge is 0.342 e. The lowest BCUT2D eigenvalue weighted by Gasteiger charge is -2.36. The predicted molar refractivity (Wildman–Crippen MR) is 89.3 cm³/mol. The van der Waals surface area contributed by atoms with Gasteiger partial charge in [0.05, 0.1) is 5.92 Å². The van der Waals surface area contributed by atoms with Crippen LogP contribution in [0.2, 0.25) is 0 Å². The molecule has 0 spiro atoms. The van der Waals surface area contributed by atoms with Crippen LogP contribution in [0.15, 0.2) is 36.5 Å². The van der Waals surface area contributed by atoms with Crippen LogP contribution in [-0.2, 0) is 11.2 Å². The molecule has 2 aromatic rings. The summed E-state index contributed by atoms with van der Waals surface area (Å²) in [5.74, 6) is 0.774. The molecule has 0 radical (unpaired) electrons. The van der Waals surface area contributed by atoms with Gasteiger partial charge in [0.2, 0.25) is 5.91 Å². The minimum absolute atomic E-state index is 0.0560. The highest BCUT2D eigenvalue weighted by atomic mass is 16.2. The number of rotatable bonds is 2. The van der Waals surface area contributed by atoms with Crippen molar-refractivity contribution < 1.29 is 4.79 Å². The van der Waals surface area contributed by atoms with Crippen molar-refractivity contribution in [1.29, 1.82) is 0 Å². The monoisotopic (exact) mass is 309 g/mol. The molecule has 1 saturated heterocycles. The molecule has 1 aliphatic carbocycles. The van der Waals surface area contributed by atoms with Crippen LogP contribution in [0.25, 0.3) is 0 Å². The summed E-state index contributed by atoms with van der Waals surface area (Å²) in [5, 5.41) is 7.13. The van der Waals surface area contributed by atoms with Crippen molar-refractivity contribution in [3.8, 4) is 0 Å². The van der Waals surface area contributed by atoms with Gasteiger partial charge in [0, 0.05) is 30.9 Å². The van der Waals surface area contributed by atoms with Crippen molar-refractivity contribution >= 4 is 5.91 Å². The van der Waals surface area contributed by atoms with Crippen LogP contribution < -0.4 is 0 Å². The molecular formula is C19H23N3O. The van der Waals surface area contributed by atoms with Crippen LogP contribution in [-0.4, -0.2) is 34.1 Å². The number of H-pyrrole nitrogens is 1. The zero-order valence-corrected chi connectivity index (χ0v) is 13.4. The maximum absolute atomic E-state index is 13.1. The highest BCUT2D eigenvalue weighted by molar-refractivity contribution is 5.84. The Bertz CT molecular complexity index is 680. The molecule has 4 rings (SSSR count). The molecule has 2 aliphatic rings. The first-order chi connectivity index (χ1) is 11.3. The summed E-state index contributed by atoms with van der Waals surface area (Å²) in [7, 11) is 0. The highest BCUT2D eigenvalue weighted by Gasteiger charge is 2.32. The van der Waals surface area contributed by atoms with E-state index < -0.39 is 0 Å². The molecule has 4 nitrogen and oxygen atoms in total. The van der Waals surface area contributed by atoms with E-state index >= 15 is 0 Å². The fourth-order valence-electron chi connectivity index (χ4n) is 4.16. The van der Waals surface area contributed by atoms with Gasteiger partial charge < -0.3 is 4.90 Å². The summed E-state index contributed by atoms with van der Waals surface area (Å²) in [6.07, 6.45) is 7.22. The molecule has 0 bridgehead atoms. The minimum Gasteiger partial charge on any atom is -0.342 e. The summed E-state index contributed by atoms with van der Waals surface area (Å²) in [6.45, 7) is 1.71. The number of hydrogen-bond donors (Lipinski definition) is 1. The van der Waals surface area contributed by atoms with Crippen molar-refractivity contribution in [3.63, 3.8) is 0 Å². The second-order valence-corrected chi connectivity index (χ2v) is 6.78. The van der Waals surface area contributed by atoms with E-state index in [0.29, 0.717) is 11.8 Å². The Morgan fingerprint density at radius 3 is 2.96 bits per heavy atom. The third-order valence-electron chi connectivity index (χ3n) is 5.36. The number of likely N-dealkylation sites (tertiary alicyclic amines) is 1. The third kappa shape index (κ3) is 2.78. The lowest BCUT2D eigenvalue weighted by atomic mass is 9.81. The summed E-state index contributed by atoms with van der Waals surface area (Å²) in [5.41, 5.74) is 3.78. The van der Waals surface area contributed by atoms with Crippen molar-refractivity contribution in [3.05, 3.63) is 53.3 Å². The molecule has 23 heavy (non-hydrogen) atoms. The number of piperidine rings is 1. The number of carbonyl (C=O) groups is 1. The number of aromatic nitrogens is 2. The average molecular weight is 309 g/mol. The second-order valence-electron chi connectivity index (χ2n) is 6.78. The number of nitrogens with one attached hydrogen (secondary N) is 1. The summed E-state index contributed by atoms with van der Waals surface area (Å²) < 4.78 is 0. The van der Waals surface area contributed by atoms with Gasteiger partial charge in [0.1, 0.15) is 0 Å². The molecule has 0 unspecified atom stereocenters. The molecule has 1 fully saturated rings. The van der Waals surface area contributed by atoms with Gasteiger partial charge in [0.15, 0.2) is 0 Å². The van der Waals surface area contributed by atoms with E-state index in [9.17, 15) is 4.79 Å². The van der Waals surface area contributed by atoms with Crippen molar-refractivity contribution in [1.82, 2.24) is 15.1 Å². The predicted octanol–water partition coefficient (Wildman–Crippen LogP) is 3.24. The van der Waals surface area contributed by atoms with E-state index in [2.05, 4.69) is 39.4 Å². The van der Waals surface area contributed by atoms with E-state index in [0.717, 1.165) is 50.9 Å². The van der Waals surface area contributed by atoms with Crippen LogP contribution >= 0.6 is 0 Å². The quantitative estimate of drug-likeness (QED) is 0.926.